The molecule has 1 unspecified atom stereocenters. The molecule has 0 bridgehead atoms. The molecular weight excluding hydrogens is 446 g/mol. The number of hydrogen-bond donors (Lipinski definition) is 1. The molecule has 0 aliphatic rings. The molecule has 1 N–H and O–H groups in total. The van der Waals surface area contributed by atoms with Gasteiger partial charge in [0.2, 0.25) is 5.91 Å². The molecule has 2 heterocycles. The van der Waals surface area contributed by atoms with Gasteiger partial charge in [0.05, 0.1) is 12.9 Å². The average molecular weight is 468 g/mol. The van der Waals surface area contributed by atoms with Crippen molar-refractivity contribution in [2.75, 3.05) is 18.2 Å². The van der Waals surface area contributed by atoms with Crippen molar-refractivity contribution in [1.29, 1.82) is 0 Å². The summed E-state index contributed by atoms with van der Waals surface area (Å²) in [5.41, 5.74) is 0.889. The first kappa shape index (κ1) is 21.8. The van der Waals surface area contributed by atoms with Crippen LogP contribution in [0.25, 0.3) is 5.69 Å². The van der Waals surface area contributed by atoms with Crippen molar-refractivity contribution in [3.05, 3.63) is 72.0 Å². The molecule has 0 radical (unpaired) electrons. The third-order valence-electron chi connectivity index (χ3n) is 4.42. The largest absolute Gasteiger partial charge is 0.497 e. The number of amides is 1. The van der Waals surface area contributed by atoms with Crippen LogP contribution in [0, 0.1) is 0 Å². The van der Waals surface area contributed by atoms with Crippen molar-refractivity contribution in [3.8, 4) is 17.2 Å². The van der Waals surface area contributed by atoms with E-state index in [0.717, 1.165) is 11.4 Å². The van der Waals surface area contributed by atoms with Gasteiger partial charge in [-0.2, -0.15) is 0 Å². The predicted octanol–water partition coefficient (Wildman–Crippen LogP) is 4.60. The lowest BCUT2D eigenvalue weighted by molar-refractivity contribution is -0.113. The van der Waals surface area contributed by atoms with Crippen molar-refractivity contribution < 1.29 is 14.3 Å². The molecule has 4 rings (SSSR count). The lowest BCUT2D eigenvalue weighted by Gasteiger charge is -2.17. The molecule has 0 saturated carbocycles. The summed E-state index contributed by atoms with van der Waals surface area (Å²) in [5, 5.41) is 14.5. The normalized spacial score (nSPS) is 11.7. The van der Waals surface area contributed by atoms with Gasteiger partial charge in [0.15, 0.2) is 22.2 Å². The molecule has 164 valence electrons. The lowest BCUT2D eigenvalue weighted by Crippen LogP contribution is -2.15. The summed E-state index contributed by atoms with van der Waals surface area (Å²) < 4.78 is 13.2. The minimum atomic E-state index is -0.380. The van der Waals surface area contributed by atoms with Gasteiger partial charge in [-0.15, -0.1) is 21.5 Å². The fraction of sp³-hybridized carbons (Fsp3) is 0.182. The van der Waals surface area contributed by atoms with E-state index in [9.17, 15) is 4.79 Å². The van der Waals surface area contributed by atoms with E-state index in [1.54, 1.807) is 13.3 Å². The van der Waals surface area contributed by atoms with E-state index in [1.807, 2.05) is 71.5 Å². The fourth-order valence-electron chi connectivity index (χ4n) is 2.94. The van der Waals surface area contributed by atoms with Gasteiger partial charge >= 0.3 is 0 Å². The number of methoxy groups -OCH3 is 1. The van der Waals surface area contributed by atoms with Crippen LogP contribution in [0.15, 0.2) is 71.3 Å². The van der Waals surface area contributed by atoms with Crippen LogP contribution in [0.3, 0.4) is 0 Å². The number of carbonyl (C=O) groups is 1. The van der Waals surface area contributed by atoms with Gasteiger partial charge in [-0.1, -0.05) is 30.0 Å². The quantitative estimate of drug-likeness (QED) is 0.360. The predicted molar refractivity (Wildman–Crippen MR) is 125 cm³/mol. The first-order valence-corrected chi connectivity index (χ1v) is 11.6. The summed E-state index contributed by atoms with van der Waals surface area (Å²) in [4.78, 5) is 16.4. The van der Waals surface area contributed by atoms with Gasteiger partial charge < -0.3 is 14.8 Å². The molecule has 2 aromatic heterocycles. The zero-order chi connectivity index (χ0) is 22.3. The molecule has 1 atom stereocenters. The maximum Gasteiger partial charge on any atom is 0.236 e. The van der Waals surface area contributed by atoms with Crippen LogP contribution in [-0.4, -0.2) is 38.5 Å². The molecule has 8 nitrogen and oxygen atoms in total. The monoisotopic (exact) mass is 467 g/mol. The Kier molecular flexibility index (Phi) is 7.03. The highest BCUT2D eigenvalue weighted by atomic mass is 32.2. The number of nitrogens with one attached hydrogen (secondary N) is 1. The number of thiazole rings is 1. The standard InChI is InChI=1S/C22H21N5O3S2/c1-15(30-18-10-8-17(29-2)9-11-18)20-25-26-22(27(20)16-6-4-3-5-7-16)32-14-19(28)24-21-23-12-13-31-21/h3-13,15H,14H2,1-2H3,(H,23,24,28). The van der Waals surface area contributed by atoms with Crippen LogP contribution in [0.2, 0.25) is 0 Å². The van der Waals surface area contributed by atoms with Gasteiger partial charge in [-0.3, -0.25) is 9.36 Å². The Morgan fingerprint density at radius 1 is 1.12 bits per heavy atom. The first-order valence-electron chi connectivity index (χ1n) is 9.77. The molecule has 0 aliphatic carbocycles. The molecule has 0 spiro atoms. The van der Waals surface area contributed by atoms with Gasteiger partial charge in [0.25, 0.3) is 0 Å². The number of carbonyl (C=O) groups excluding carboxylic acids is 1. The summed E-state index contributed by atoms with van der Waals surface area (Å²) in [6, 6.07) is 17.1. The van der Waals surface area contributed by atoms with E-state index in [2.05, 4.69) is 20.5 Å². The number of anilines is 1. The Balaban J connectivity index is 1.54. The number of ether oxygens (including phenoxy) is 2. The number of benzene rings is 2. The minimum absolute atomic E-state index is 0.156. The van der Waals surface area contributed by atoms with E-state index in [4.69, 9.17) is 9.47 Å². The number of para-hydroxylation sites is 1. The van der Waals surface area contributed by atoms with E-state index in [0.29, 0.717) is 21.9 Å². The Labute approximate surface area is 193 Å². The van der Waals surface area contributed by atoms with E-state index >= 15 is 0 Å². The molecule has 0 aliphatic heterocycles. The number of aromatic nitrogens is 4. The van der Waals surface area contributed by atoms with E-state index in [-0.39, 0.29) is 17.8 Å². The second-order valence-corrected chi connectivity index (χ2v) is 8.46. The molecule has 32 heavy (non-hydrogen) atoms. The number of thioether (sulfide) groups is 1. The van der Waals surface area contributed by atoms with E-state index < -0.39 is 0 Å². The van der Waals surface area contributed by atoms with Gasteiger partial charge in [0.1, 0.15) is 11.5 Å². The van der Waals surface area contributed by atoms with Crippen molar-refractivity contribution in [2.45, 2.75) is 18.2 Å². The molecule has 2 aromatic carbocycles. The maximum absolute atomic E-state index is 12.3. The number of nitrogens with zero attached hydrogens (tertiary/aromatic N) is 4. The molecule has 0 saturated heterocycles. The fourth-order valence-corrected chi connectivity index (χ4v) is 4.24. The van der Waals surface area contributed by atoms with Crippen molar-refractivity contribution in [2.24, 2.45) is 0 Å². The molecule has 1 amide bonds. The van der Waals surface area contributed by atoms with Crippen LogP contribution in [-0.2, 0) is 4.79 Å². The van der Waals surface area contributed by atoms with Crippen LogP contribution in [0.5, 0.6) is 11.5 Å². The van der Waals surface area contributed by atoms with Crippen molar-refractivity contribution in [1.82, 2.24) is 19.7 Å². The highest BCUT2D eigenvalue weighted by molar-refractivity contribution is 7.99. The number of hydrogen-bond acceptors (Lipinski definition) is 8. The van der Waals surface area contributed by atoms with E-state index in [1.165, 1.54) is 23.1 Å². The average Bonchev–Trinajstić information content (AvgIpc) is 3.48. The van der Waals surface area contributed by atoms with Gasteiger partial charge in [-0.25, -0.2) is 4.98 Å². The minimum Gasteiger partial charge on any atom is -0.497 e. The van der Waals surface area contributed by atoms with Crippen molar-refractivity contribution in [3.63, 3.8) is 0 Å². The SMILES string of the molecule is COc1ccc(OC(C)c2nnc(SCC(=O)Nc3nccs3)n2-c2ccccc2)cc1. The second kappa shape index (κ2) is 10.3. The zero-order valence-electron chi connectivity index (χ0n) is 17.5. The second-order valence-electron chi connectivity index (χ2n) is 6.62. The molecular formula is C22H21N5O3S2. The third kappa shape index (κ3) is 5.27. The Morgan fingerprint density at radius 3 is 2.56 bits per heavy atom. The smallest absolute Gasteiger partial charge is 0.236 e. The third-order valence-corrected chi connectivity index (χ3v) is 6.04. The van der Waals surface area contributed by atoms with Gasteiger partial charge in [0, 0.05) is 17.3 Å². The summed E-state index contributed by atoms with van der Waals surface area (Å²) in [6.07, 6.45) is 1.27. The highest BCUT2D eigenvalue weighted by Gasteiger charge is 2.21. The summed E-state index contributed by atoms with van der Waals surface area (Å²) in [7, 11) is 1.62. The topological polar surface area (TPSA) is 91.2 Å². The summed E-state index contributed by atoms with van der Waals surface area (Å²) in [5.74, 6) is 2.11. The molecule has 0 fully saturated rings. The van der Waals surface area contributed by atoms with Crippen LogP contribution < -0.4 is 14.8 Å². The van der Waals surface area contributed by atoms with Crippen LogP contribution in [0.4, 0.5) is 5.13 Å². The molecule has 4 aromatic rings. The Hall–Kier alpha value is -3.37. The summed E-state index contributed by atoms with van der Waals surface area (Å²) in [6.45, 7) is 1.91. The lowest BCUT2D eigenvalue weighted by atomic mass is 10.3. The van der Waals surface area contributed by atoms with Crippen LogP contribution in [0.1, 0.15) is 18.9 Å². The molecule has 10 heteroatoms. The first-order chi connectivity index (χ1) is 15.6. The maximum atomic E-state index is 12.3. The Morgan fingerprint density at radius 2 is 1.88 bits per heavy atom. The Bertz CT molecular complexity index is 1150. The number of rotatable bonds is 9. The van der Waals surface area contributed by atoms with Gasteiger partial charge in [-0.05, 0) is 43.3 Å². The summed E-state index contributed by atoms with van der Waals surface area (Å²) >= 11 is 2.68. The highest BCUT2D eigenvalue weighted by Crippen LogP contribution is 2.28. The van der Waals surface area contributed by atoms with Crippen LogP contribution >= 0.6 is 23.1 Å². The van der Waals surface area contributed by atoms with Crippen molar-refractivity contribution >= 4 is 34.1 Å². The zero-order valence-corrected chi connectivity index (χ0v) is 19.1.